The number of hydrogen-bond donors (Lipinski definition) is 0. The van der Waals surface area contributed by atoms with Crippen molar-refractivity contribution in [2.75, 3.05) is 0 Å². The van der Waals surface area contributed by atoms with Gasteiger partial charge in [0.2, 0.25) is 0 Å². The molecule has 0 aliphatic carbocycles. The van der Waals surface area contributed by atoms with Crippen molar-refractivity contribution in [2.45, 2.75) is 26.7 Å². The molecule has 0 fully saturated rings. The molecule has 0 radical (unpaired) electrons. The van der Waals surface area contributed by atoms with Crippen LogP contribution in [0.25, 0.3) is 0 Å². The lowest BCUT2D eigenvalue weighted by Gasteiger charge is -2.02. The Morgan fingerprint density at radius 3 is 2.19 bits per heavy atom. The molecular weight excluding hydrogens is 196 g/mol. The monoisotopic (exact) mass is 210 g/mol. The second kappa shape index (κ2) is 5.73. The van der Waals surface area contributed by atoms with Gasteiger partial charge >= 0.3 is 0 Å². The van der Waals surface area contributed by atoms with Crippen LogP contribution in [0.4, 0.5) is 0 Å². The highest BCUT2D eigenvalue weighted by atomic mass is 14.3. The van der Waals surface area contributed by atoms with E-state index >= 15 is 0 Å². The maximum Gasteiger partial charge on any atom is 0.128 e. The molecule has 0 aliphatic rings. The van der Waals surface area contributed by atoms with Gasteiger partial charge in [-0.2, -0.15) is 10.5 Å². The van der Waals surface area contributed by atoms with Gasteiger partial charge in [0.15, 0.2) is 0 Å². The van der Waals surface area contributed by atoms with Crippen LogP contribution in [0.3, 0.4) is 0 Å². The molecule has 1 aromatic rings. The van der Waals surface area contributed by atoms with Crippen molar-refractivity contribution in [2.24, 2.45) is 0 Å². The summed E-state index contributed by atoms with van der Waals surface area (Å²) < 4.78 is 0. The molecule has 0 heterocycles. The fourth-order valence-electron chi connectivity index (χ4n) is 1.43. The molecule has 0 N–H and O–H groups in total. The molecule has 0 unspecified atom stereocenters. The second-order valence-electron chi connectivity index (χ2n) is 3.86. The van der Waals surface area contributed by atoms with Crippen molar-refractivity contribution in [3.63, 3.8) is 0 Å². The highest BCUT2D eigenvalue weighted by Gasteiger charge is 2.01. The van der Waals surface area contributed by atoms with Crippen LogP contribution in [0.5, 0.6) is 0 Å². The summed E-state index contributed by atoms with van der Waals surface area (Å²) in [5.74, 6) is 0. The van der Waals surface area contributed by atoms with Gasteiger partial charge in [-0.05, 0) is 37.8 Å². The third kappa shape index (κ3) is 3.26. The predicted molar refractivity (Wildman–Crippen MR) is 63.4 cm³/mol. The van der Waals surface area contributed by atoms with Gasteiger partial charge in [0.1, 0.15) is 17.7 Å². The molecule has 1 aromatic carbocycles. The molecular formula is C14H14N2. The van der Waals surface area contributed by atoms with Crippen molar-refractivity contribution >= 4 is 0 Å². The van der Waals surface area contributed by atoms with E-state index in [9.17, 15) is 0 Å². The van der Waals surface area contributed by atoms with Crippen molar-refractivity contribution in [1.29, 1.82) is 10.5 Å². The van der Waals surface area contributed by atoms with Gasteiger partial charge < -0.3 is 0 Å². The first-order valence-electron chi connectivity index (χ1n) is 5.23. The van der Waals surface area contributed by atoms with Gasteiger partial charge in [-0.3, -0.25) is 0 Å². The van der Waals surface area contributed by atoms with Gasteiger partial charge in [0, 0.05) is 0 Å². The molecule has 2 nitrogen and oxygen atoms in total. The van der Waals surface area contributed by atoms with Gasteiger partial charge in [0.05, 0.1) is 0 Å². The Kier molecular flexibility index (Phi) is 4.30. The molecule has 0 atom stereocenters. The zero-order valence-corrected chi connectivity index (χ0v) is 9.62. The molecule has 80 valence electrons. The SMILES string of the molecule is CC(CCc1ccc(C)cc1)=C(C#N)C#N. The first-order valence-corrected chi connectivity index (χ1v) is 5.23. The standard InChI is InChI=1S/C14H14N2/c1-11-3-6-13(7-4-11)8-5-12(2)14(9-15)10-16/h3-4,6-7H,5,8H2,1-2H3. The van der Waals surface area contributed by atoms with E-state index < -0.39 is 0 Å². The minimum atomic E-state index is 0.243. The van der Waals surface area contributed by atoms with E-state index in [-0.39, 0.29) is 5.57 Å². The van der Waals surface area contributed by atoms with Crippen LogP contribution < -0.4 is 0 Å². The molecule has 1 rings (SSSR count). The average Bonchev–Trinajstić information content (AvgIpc) is 2.30. The molecule has 0 amide bonds. The van der Waals surface area contributed by atoms with E-state index in [0.717, 1.165) is 18.4 Å². The summed E-state index contributed by atoms with van der Waals surface area (Å²) >= 11 is 0. The van der Waals surface area contributed by atoms with Crippen molar-refractivity contribution in [3.8, 4) is 12.1 Å². The van der Waals surface area contributed by atoms with Crippen LogP contribution in [-0.4, -0.2) is 0 Å². The van der Waals surface area contributed by atoms with Crippen LogP contribution in [0.15, 0.2) is 35.4 Å². The highest BCUT2D eigenvalue weighted by molar-refractivity contribution is 5.39. The third-order valence-corrected chi connectivity index (χ3v) is 2.56. The summed E-state index contributed by atoms with van der Waals surface area (Å²) in [4.78, 5) is 0. The van der Waals surface area contributed by atoms with E-state index in [4.69, 9.17) is 10.5 Å². The fraction of sp³-hybridized carbons (Fsp3) is 0.286. The quantitative estimate of drug-likeness (QED) is 0.719. The van der Waals surface area contributed by atoms with Crippen LogP contribution in [0, 0.1) is 29.6 Å². The summed E-state index contributed by atoms with van der Waals surface area (Å²) in [5.41, 5.74) is 3.59. The minimum absolute atomic E-state index is 0.243. The number of allylic oxidation sites excluding steroid dienone is 2. The van der Waals surface area contributed by atoms with E-state index in [1.807, 2.05) is 19.1 Å². The van der Waals surface area contributed by atoms with Crippen LogP contribution in [0.2, 0.25) is 0 Å². The van der Waals surface area contributed by atoms with Gasteiger partial charge in [-0.25, -0.2) is 0 Å². The Labute approximate surface area is 96.4 Å². The maximum absolute atomic E-state index is 8.70. The zero-order chi connectivity index (χ0) is 12.0. The van der Waals surface area contributed by atoms with Gasteiger partial charge in [-0.15, -0.1) is 0 Å². The molecule has 0 aromatic heterocycles. The Hall–Kier alpha value is -2.06. The van der Waals surface area contributed by atoms with E-state index in [0.29, 0.717) is 0 Å². The lowest BCUT2D eigenvalue weighted by molar-refractivity contribution is 0.935. The normalized spacial score (nSPS) is 9.00. The smallest absolute Gasteiger partial charge is 0.128 e. The van der Waals surface area contributed by atoms with Gasteiger partial charge in [-0.1, -0.05) is 29.8 Å². The lowest BCUT2D eigenvalue weighted by Crippen LogP contribution is -1.89. The molecule has 0 bridgehead atoms. The van der Waals surface area contributed by atoms with Crippen LogP contribution >= 0.6 is 0 Å². The van der Waals surface area contributed by atoms with Crippen LogP contribution in [-0.2, 0) is 6.42 Å². The van der Waals surface area contributed by atoms with Crippen molar-refractivity contribution < 1.29 is 0 Å². The number of nitrogens with zero attached hydrogens (tertiary/aromatic N) is 2. The number of hydrogen-bond acceptors (Lipinski definition) is 2. The summed E-state index contributed by atoms with van der Waals surface area (Å²) in [7, 11) is 0. The molecule has 0 spiro atoms. The Bertz CT molecular complexity index is 451. The number of nitriles is 2. The summed E-state index contributed by atoms with van der Waals surface area (Å²) in [6.07, 6.45) is 1.64. The second-order valence-corrected chi connectivity index (χ2v) is 3.86. The first-order chi connectivity index (χ1) is 7.67. The molecule has 0 aliphatic heterocycles. The van der Waals surface area contributed by atoms with E-state index in [1.54, 1.807) is 0 Å². The van der Waals surface area contributed by atoms with Crippen molar-refractivity contribution in [3.05, 3.63) is 46.5 Å². The number of rotatable bonds is 3. The number of aryl methyl sites for hydroxylation is 2. The first kappa shape index (κ1) is 12.0. The maximum atomic E-state index is 8.70. The summed E-state index contributed by atoms with van der Waals surface area (Å²) in [5, 5.41) is 17.4. The molecule has 0 saturated heterocycles. The predicted octanol–water partition coefficient (Wildman–Crippen LogP) is 3.29. The Morgan fingerprint density at radius 1 is 1.12 bits per heavy atom. The summed E-state index contributed by atoms with van der Waals surface area (Å²) in [6.45, 7) is 3.90. The summed E-state index contributed by atoms with van der Waals surface area (Å²) in [6, 6.07) is 12.1. The Balaban J connectivity index is 2.66. The highest BCUT2D eigenvalue weighted by Crippen LogP contribution is 2.12. The van der Waals surface area contributed by atoms with E-state index in [2.05, 4.69) is 31.2 Å². The largest absolute Gasteiger partial charge is 0.192 e. The van der Waals surface area contributed by atoms with Crippen LogP contribution in [0.1, 0.15) is 24.5 Å². The Morgan fingerprint density at radius 2 is 1.69 bits per heavy atom. The average molecular weight is 210 g/mol. The molecule has 0 saturated carbocycles. The van der Waals surface area contributed by atoms with Crippen molar-refractivity contribution in [1.82, 2.24) is 0 Å². The van der Waals surface area contributed by atoms with Gasteiger partial charge in [0.25, 0.3) is 0 Å². The van der Waals surface area contributed by atoms with E-state index in [1.165, 1.54) is 11.1 Å². The topological polar surface area (TPSA) is 47.6 Å². The molecule has 2 heteroatoms. The lowest BCUT2D eigenvalue weighted by atomic mass is 10.0. The zero-order valence-electron chi connectivity index (χ0n) is 9.62. The third-order valence-electron chi connectivity index (χ3n) is 2.56. The molecule has 16 heavy (non-hydrogen) atoms. The fourth-order valence-corrected chi connectivity index (χ4v) is 1.43. The number of benzene rings is 1. The minimum Gasteiger partial charge on any atom is -0.192 e.